The summed E-state index contributed by atoms with van der Waals surface area (Å²) in [6.45, 7) is 0.187. The summed E-state index contributed by atoms with van der Waals surface area (Å²) in [6.07, 6.45) is 0. The van der Waals surface area contributed by atoms with Crippen molar-refractivity contribution in [3.8, 4) is 11.5 Å². The lowest BCUT2D eigenvalue weighted by Gasteiger charge is -2.08. The minimum atomic E-state index is -0.168. The number of hydrogen-bond donors (Lipinski definition) is 2. The summed E-state index contributed by atoms with van der Waals surface area (Å²) in [7, 11) is 3.17. The number of aromatic hydroxyl groups is 1. The summed E-state index contributed by atoms with van der Waals surface area (Å²) in [4.78, 5) is 11.5. The fraction of sp³-hybridized carbons (Fsp3) is 0.300. The van der Waals surface area contributed by atoms with Gasteiger partial charge in [-0.15, -0.1) is 0 Å². The van der Waals surface area contributed by atoms with Gasteiger partial charge in [-0.3, -0.25) is 4.79 Å². The van der Waals surface area contributed by atoms with Gasteiger partial charge in [-0.05, 0) is 35.1 Å². The summed E-state index contributed by atoms with van der Waals surface area (Å²) < 4.78 is 5.38. The molecule has 0 amide bonds. The molecule has 1 rings (SSSR count). The maximum absolute atomic E-state index is 11.5. The molecule has 1 aromatic rings. The van der Waals surface area contributed by atoms with Crippen molar-refractivity contribution in [1.82, 2.24) is 5.32 Å². The number of phenolic OH excluding ortho intramolecular Hbond substituents is 1. The van der Waals surface area contributed by atoms with E-state index in [0.717, 1.165) is 0 Å². The van der Waals surface area contributed by atoms with Crippen molar-refractivity contribution in [3.63, 3.8) is 0 Å². The minimum absolute atomic E-state index is 0.0883. The Morgan fingerprint density at radius 1 is 1.60 bits per heavy atom. The van der Waals surface area contributed by atoms with Gasteiger partial charge in [0.1, 0.15) is 16.0 Å². The van der Waals surface area contributed by atoms with E-state index in [1.54, 1.807) is 19.2 Å². The maximum atomic E-state index is 11.5. The van der Waals surface area contributed by atoms with Gasteiger partial charge in [-0.2, -0.15) is 0 Å². The van der Waals surface area contributed by atoms with E-state index in [1.165, 1.54) is 7.11 Å². The molecule has 0 spiro atoms. The Morgan fingerprint density at radius 3 is 2.80 bits per heavy atom. The monoisotopic (exact) mass is 273 g/mol. The summed E-state index contributed by atoms with van der Waals surface area (Å²) in [5, 5.41) is 12.5. The first-order chi connectivity index (χ1) is 7.11. The van der Waals surface area contributed by atoms with Gasteiger partial charge in [0.2, 0.25) is 0 Å². The highest BCUT2D eigenvalue weighted by molar-refractivity contribution is 9.10. The number of carbonyl (C=O) groups excluding carboxylic acids is 1. The van der Waals surface area contributed by atoms with Crippen LogP contribution in [-0.4, -0.2) is 31.6 Å². The van der Waals surface area contributed by atoms with E-state index >= 15 is 0 Å². The standard InChI is InChI=1S/C10H12BrNO3/c1-12-5-7(13)6-3-4-8(15-2)9(11)10(6)14/h3-4,12,14H,5H2,1-2H3. The number of hydrogen-bond acceptors (Lipinski definition) is 4. The highest BCUT2D eigenvalue weighted by atomic mass is 79.9. The van der Waals surface area contributed by atoms with Crippen molar-refractivity contribution in [3.05, 3.63) is 22.2 Å². The van der Waals surface area contributed by atoms with Crippen LogP contribution in [0.25, 0.3) is 0 Å². The third-order valence-corrected chi connectivity index (χ3v) is 2.70. The average molecular weight is 274 g/mol. The second-order valence-corrected chi connectivity index (χ2v) is 3.72. The lowest BCUT2D eigenvalue weighted by molar-refractivity contribution is 0.0991. The Kier molecular flexibility index (Phi) is 4.11. The molecular formula is C10H12BrNO3. The maximum Gasteiger partial charge on any atom is 0.180 e. The fourth-order valence-corrected chi connectivity index (χ4v) is 1.69. The fourth-order valence-electron chi connectivity index (χ4n) is 1.18. The number of phenols is 1. The van der Waals surface area contributed by atoms with Crippen LogP contribution in [0.2, 0.25) is 0 Å². The predicted octanol–water partition coefficient (Wildman–Crippen LogP) is 1.57. The quantitative estimate of drug-likeness (QED) is 0.818. The highest BCUT2D eigenvalue weighted by Crippen LogP contribution is 2.36. The third kappa shape index (κ3) is 2.49. The average Bonchev–Trinajstić information content (AvgIpc) is 2.22. The zero-order chi connectivity index (χ0) is 11.4. The van der Waals surface area contributed by atoms with Gasteiger partial charge >= 0.3 is 0 Å². The Bertz CT molecular complexity index is 379. The van der Waals surface area contributed by atoms with Crippen molar-refractivity contribution in [2.45, 2.75) is 0 Å². The van der Waals surface area contributed by atoms with E-state index in [2.05, 4.69) is 21.2 Å². The lowest BCUT2D eigenvalue weighted by atomic mass is 10.1. The number of rotatable bonds is 4. The SMILES string of the molecule is CNCC(=O)c1ccc(OC)c(Br)c1O. The number of ether oxygens (including phenoxy) is 1. The van der Waals surface area contributed by atoms with E-state index in [-0.39, 0.29) is 23.6 Å². The van der Waals surface area contributed by atoms with Crippen LogP contribution in [0, 0.1) is 0 Å². The molecule has 0 bridgehead atoms. The van der Waals surface area contributed by atoms with Crippen molar-refractivity contribution < 1.29 is 14.6 Å². The van der Waals surface area contributed by atoms with Crippen molar-refractivity contribution in [2.75, 3.05) is 20.7 Å². The molecule has 0 aliphatic rings. The van der Waals surface area contributed by atoms with Gasteiger partial charge < -0.3 is 15.2 Å². The third-order valence-electron chi connectivity index (χ3n) is 1.94. The predicted molar refractivity (Wildman–Crippen MR) is 60.6 cm³/mol. The zero-order valence-corrected chi connectivity index (χ0v) is 10.1. The number of methoxy groups -OCH3 is 1. The second kappa shape index (κ2) is 5.14. The lowest BCUT2D eigenvalue weighted by Crippen LogP contribution is -2.18. The molecule has 2 N–H and O–H groups in total. The van der Waals surface area contributed by atoms with Crippen LogP contribution in [0.5, 0.6) is 11.5 Å². The molecule has 0 aliphatic carbocycles. The van der Waals surface area contributed by atoms with E-state index in [0.29, 0.717) is 10.2 Å². The van der Waals surface area contributed by atoms with Crippen molar-refractivity contribution in [2.24, 2.45) is 0 Å². The number of carbonyl (C=O) groups is 1. The Hall–Kier alpha value is -1.07. The van der Waals surface area contributed by atoms with Crippen LogP contribution in [0.15, 0.2) is 16.6 Å². The molecule has 0 unspecified atom stereocenters. The largest absolute Gasteiger partial charge is 0.506 e. The molecule has 0 saturated carbocycles. The summed E-state index contributed by atoms with van der Waals surface area (Å²) in [5.74, 6) is 0.237. The summed E-state index contributed by atoms with van der Waals surface area (Å²) in [6, 6.07) is 3.17. The number of benzene rings is 1. The number of likely N-dealkylation sites (N-methyl/N-ethyl adjacent to an activating group) is 1. The molecule has 0 fully saturated rings. The van der Waals surface area contributed by atoms with Gasteiger partial charge in [0.15, 0.2) is 5.78 Å². The highest BCUT2D eigenvalue weighted by Gasteiger charge is 2.15. The molecule has 0 atom stereocenters. The minimum Gasteiger partial charge on any atom is -0.506 e. The second-order valence-electron chi connectivity index (χ2n) is 2.93. The molecule has 0 saturated heterocycles. The Morgan fingerprint density at radius 2 is 2.27 bits per heavy atom. The van der Waals surface area contributed by atoms with Crippen molar-refractivity contribution in [1.29, 1.82) is 0 Å². The van der Waals surface area contributed by atoms with Crippen LogP contribution in [0.1, 0.15) is 10.4 Å². The molecule has 15 heavy (non-hydrogen) atoms. The van der Waals surface area contributed by atoms with Crippen LogP contribution >= 0.6 is 15.9 Å². The van der Waals surface area contributed by atoms with Crippen LogP contribution in [0.4, 0.5) is 0 Å². The first-order valence-electron chi connectivity index (χ1n) is 4.35. The van der Waals surface area contributed by atoms with Gasteiger partial charge in [-0.25, -0.2) is 0 Å². The van der Waals surface area contributed by atoms with E-state index in [1.807, 2.05) is 0 Å². The number of ketones is 1. The van der Waals surface area contributed by atoms with E-state index in [9.17, 15) is 9.90 Å². The number of halogens is 1. The zero-order valence-electron chi connectivity index (χ0n) is 8.50. The molecule has 0 aliphatic heterocycles. The number of Topliss-reactive ketones (excluding diaryl/α,β-unsaturated/α-hetero) is 1. The van der Waals surface area contributed by atoms with E-state index in [4.69, 9.17) is 4.74 Å². The molecule has 0 aromatic heterocycles. The molecule has 1 aromatic carbocycles. The van der Waals surface area contributed by atoms with Gasteiger partial charge in [-0.1, -0.05) is 0 Å². The molecule has 0 heterocycles. The topological polar surface area (TPSA) is 58.6 Å². The van der Waals surface area contributed by atoms with Crippen molar-refractivity contribution >= 4 is 21.7 Å². The molecule has 5 heteroatoms. The Balaban J connectivity index is 3.11. The summed E-state index contributed by atoms with van der Waals surface area (Å²) in [5.41, 5.74) is 0.275. The van der Waals surface area contributed by atoms with Gasteiger partial charge in [0.25, 0.3) is 0 Å². The normalized spacial score (nSPS) is 10.1. The van der Waals surface area contributed by atoms with Crippen LogP contribution in [-0.2, 0) is 0 Å². The van der Waals surface area contributed by atoms with Crippen LogP contribution in [0.3, 0.4) is 0 Å². The van der Waals surface area contributed by atoms with Gasteiger partial charge in [0, 0.05) is 0 Å². The van der Waals surface area contributed by atoms with E-state index < -0.39 is 0 Å². The smallest absolute Gasteiger partial charge is 0.180 e. The first kappa shape index (κ1) is 12.0. The molecule has 82 valence electrons. The van der Waals surface area contributed by atoms with Gasteiger partial charge in [0.05, 0.1) is 19.2 Å². The number of nitrogens with one attached hydrogen (secondary N) is 1. The molecule has 4 nitrogen and oxygen atoms in total. The van der Waals surface area contributed by atoms with Crippen LogP contribution < -0.4 is 10.1 Å². The molecular weight excluding hydrogens is 262 g/mol. The summed E-state index contributed by atoms with van der Waals surface area (Å²) >= 11 is 3.16. The molecule has 0 radical (unpaired) electrons. The Labute approximate surface area is 96.4 Å². The first-order valence-corrected chi connectivity index (χ1v) is 5.14.